The first kappa shape index (κ1) is 13.3. The van der Waals surface area contributed by atoms with Crippen molar-refractivity contribution in [3.63, 3.8) is 0 Å². The summed E-state index contributed by atoms with van der Waals surface area (Å²) in [6, 6.07) is 0. The number of carbonyl (C=O) groups is 1. The van der Waals surface area contributed by atoms with Crippen LogP contribution in [0.15, 0.2) is 25.6 Å². The molecule has 0 atom stereocenters. The Morgan fingerprint density at radius 2 is 2.00 bits per heavy atom. The summed E-state index contributed by atoms with van der Waals surface area (Å²) in [4.78, 5) is 31.5. The minimum atomic E-state index is -0.0297. The second kappa shape index (κ2) is 5.35. The molecule has 0 bridgehead atoms. The van der Waals surface area contributed by atoms with Crippen LogP contribution in [0, 0.1) is 0 Å². The van der Waals surface area contributed by atoms with Gasteiger partial charge in [-0.25, -0.2) is 15.0 Å². The average molecular weight is 284 g/mol. The highest BCUT2D eigenvalue weighted by molar-refractivity contribution is 5.87. The van der Waals surface area contributed by atoms with Crippen molar-refractivity contribution in [2.75, 3.05) is 31.1 Å². The fourth-order valence-electron chi connectivity index (χ4n) is 2.44. The summed E-state index contributed by atoms with van der Waals surface area (Å²) in [5.74, 6) is 1.46. The van der Waals surface area contributed by atoms with Gasteiger partial charge < -0.3 is 14.8 Å². The van der Waals surface area contributed by atoms with Gasteiger partial charge in [-0.15, -0.1) is 0 Å². The third-order valence-corrected chi connectivity index (χ3v) is 3.55. The number of imidazole rings is 1. The molecule has 3 heterocycles. The molecule has 1 saturated heterocycles. The van der Waals surface area contributed by atoms with Crippen LogP contribution in [0.25, 0.3) is 17.2 Å². The first-order valence-electron chi connectivity index (χ1n) is 6.72. The molecule has 0 spiro atoms. The van der Waals surface area contributed by atoms with Gasteiger partial charge >= 0.3 is 0 Å². The van der Waals surface area contributed by atoms with Crippen LogP contribution < -0.4 is 4.90 Å². The smallest absolute Gasteiger partial charge is 0.246 e. The second-order valence-electron chi connectivity index (χ2n) is 4.74. The number of amides is 1. The zero-order valence-corrected chi connectivity index (χ0v) is 11.6. The summed E-state index contributed by atoms with van der Waals surface area (Å²) >= 11 is 0. The number of rotatable bonds is 3. The van der Waals surface area contributed by atoms with Crippen LogP contribution in [-0.4, -0.2) is 56.9 Å². The minimum Gasteiger partial charge on any atom is -0.351 e. The van der Waals surface area contributed by atoms with Gasteiger partial charge in [-0.1, -0.05) is 13.2 Å². The number of H-pyrrole nitrogens is 1. The van der Waals surface area contributed by atoms with Crippen molar-refractivity contribution in [3.05, 3.63) is 31.4 Å². The molecule has 2 aromatic rings. The van der Waals surface area contributed by atoms with Gasteiger partial charge in [0, 0.05) is 26.2 Å². The van der Waals surface area contributed by atoms with Crippen LogP contribution in [0.2, 0.25) is 0 Å². The number of aromatic nitrogens is 4. The number of anilines is 1. The highest BCUT2D eigenvalue weighted by Crippen LogP contribution is 2.22. The molecule has 1 N–H and O–H groups in total. The molecule has 1 fully saturated rings. The van der Waals surface area contributed by atoms with Gasteiger partial charge in [-0.3, -0.25) is 4.79 Å². The molecule has 1 aliphatic heterocycles. The van der Waals surface area contributed by atoms with Crippen LogP contribution in [0.4, 0.5) is 5.82 Å². The average Bonchev–Trinajstić information content (AvgIpc) is 2.97. The van der Waals surface area contributed by atoms with Crippen molar-refractivity contribution in [3.8, 4) is 0 Å². The van der Waals surface area contributed by atoms with Gasteiger partial charge in [0.05, 0.1) is 0 Å². The number of fused-ring (bicyclic) bond motifs is 1. The molecule has 7 heteroatoms. The predicted molar refractivity (Wildman–Crippen MR) is 80.8 cm³/mol. The molecule has 0 radical (unpaired) electrons. The maximum atomic E-state index is 11.6. The molecular weight excluding hydrogens is 268 g/mol. The first-order chi connectivity index (χ1) is 10.2. The lowest BCUT2D eigenvalue weighted by Gasteiger charge is -2.34. The number of nitrogens with zero attached hydrogens (tertiary/aromatic N) is 5. The lowest BCUT2D eigenvalue weighted by atomic mass is 10.3. The molecule has 0 unspecified atom stereocenters. The Morgan fingerprint density at radius 3 is 2.67 bits per heavy atom. The number of aromatic amines is 1. The Kier molecular flexibility index (Phi) is 3.39. The molecule has 0 aromatic carbocycles. The number of piperazine rings is 1. The minimum absolute atomic E-state index is 0.0297. The number of hydrogen-bond acceptors (Lipinski definition) is 5. The fourth-order valence-corrected chi connectivity index (χ4v) is 2.44. The van der Waals surface area contributed by atoms with Crippen LogP contribution >= 0.6 is 0 Å². The normalized spacial score (nSPS) is 15.2. The highest BCUT2D eigenvalue weighted by atomic mass is 16.2. The van der Waals surface area contributed by atoms with E-state index in [9.17, 15) is 4.79 Å². The molecule has 108 valence electrons. The van der Waals surface area contributed by atoms with Crippen LogP contribution in [0.3, 0.4) is 0 Å². The lowest BCUT2D eigenvalue weighted by Crippen LogP contribution is -2.48. The Bertz CT molecular complexity index is 699. The Balaban J connectivity index is 1.85. The zero-order chi connectivity index (χ0) is 14.8. The quantitative estimate of drug-likeness (QED) is 0.845. The summed E-state index contributed by atoms with van der Waals surface area (Å²) in [6.45, 7) is 9.95. The Morgan fingerprint density at radius 1 is 1.24 bits per heavy atom. The highest BCUT2D eigenvalue weighted by Gasteiger charge is 2.22. The summed E-state index contributed by atoms with van der Waals surface area (Å²) < 4.78 is 0. The van der Waals surface area contributed by atoms with Crippen molar-refractivity contribution < 1.29 is 4.79 Å². The Hall–Kier alpha value is -2.70. The van der Waals surface area contributed by atoms with Crippen molar-refractivity contribution in [2.45, 2.75) is 0 Å². The van der Waals surface area contributed by atoms with E-state index in [2.05, 4.69) is 38.0 Å². The monoisotopic (exact) mass is 284 g/mol. The van der Waals surface area contributed by atoms with E-state index in [4.69, 9.17) is 0 Å². The van der Waals surface area contributed by atoms with Gasteiger partial charge in [0.2, 0.25) is 5.91 Å². The van der Waals surface area contributed by atoms with Crippen molar-refractivity contribution in [1.82, 2.24) is 24.8 Å². The summed E-state index contributed by atoms with van der Waals surface area (Å²) in [6.07, 6.45) is 4.50. The SMILES string of the molecule is C=CC(=O)N1CCN(c2ncnc3nc(C=C)[nH]c23)CC1. The largest absolute Gasteiger partial charge is 0.351 e. The van der Waals surface area contributed by atoms with Gasteiger partial charge in [-0.05, 0) is 12.2 Å². The molecule has 21 heavy (non-hydrogen) atoms. The molecule has 2 aromatic heterocycles. The molecule has 1 amide bonds. The number of carbonyl (C=O) groups excluding carboxylic acids is 1. The zero-order valence-electron chi connectivity index (χ0n) is 11.6. The van der Waals surface area contributed by atoms with Crippen molar-refractivity contribution in [1.29, 1.82) is 0 Å². The maximum absolute atomic E-state index is 11.6. The first-order valence-corrected chi connectivity index (χ1v) is 6.72. The molecule has 7 nitrogen and oxygen atoms in total. The van der Waals surface area contributed by atoms with Crippen LogP contribution in [0.5, 0.6) is 0 Å². The van der Waals surface area contributed by atoms with Crippen LogP contribution in [-0.2, 0) is 4.79 Å². The van der Waals surface area contributed by atoms with E-state index in [1.165, 1.54) is 12.4 Å². The van der Waals surface area contributed by atoms with Gasteiger partial charge in [0.25, 0.3) is 0 Å². The third-order valence-electron chi connectivity index (χ3n) is 3.55. The van der Waals surface area contributed by atoms with Crippen LogP contribution in [0.1, 0.15) is 5.82 Å². The summed E-state index contributed by atoms with van der Waals surface area (Å²) in [7, 11) is 0. The van der Waals surface area contributed by atoms with E-state index in [1.54, 1.807) is 11.0 Å². The predicted octanol–water partition coefficient (Wildman–Crippen LogP) is 0.830. The van der Waals surface area contributed by atoms with E-state index in [0.717, 1.165) is 11.3 Å². The summed E-state index contributed by atoms with van der Waals surface area (Å²) in [5, 5.41) is 0. The fraction of sp³-hybridized carbons (Fsp3) is 0.286. The van der Waals surface area contributed by atoms with Crippen molar-refractivity contribution >= 4 is 29.0 Å². The van der Waals surface area contributed by atoms with E-state index < -0.39 is 0 Å². The van der Waals surface area contributed by atoms with Gasteiger partial charge in [0.15, 0.2) is 11.5 Å². The number of hydrogen-bond donors (Lipinski definition) is 1. The molecule has 1 aliphatic rings. The molecule has 3 rings (SSSR count). The van der Waals surface area contributed by atoms with E-state index in [-0.39, 0.29) is 5.91 Å². The lowest BCUT2D eigenvalue weighted by molar-refractivity contribution is -0.126. The maximum Gasteiger partial charge on any atom is 0.246 e. The number of nitrogens with one attached hydrogen (secondary N) is 1. The molecule has 0 aliphatic carbocycles. The van der Waals surface area contributed by atoms with Gasteiger partial charge in [0.1, 0.15) is 17.7 Å². The van der Waals surface area contributed by atoms with E-state index >= 15 is 0 Å². The van der Waals surface area contributed by atoms with Gasteiger partial charge in [-0.2, -0.15) is 0 Å². The molecule has 0 saturated carbocycles. The van der Waals surface area contributed by atoms with Crippen molar-refractivity contribution in [2.24, 2.45) is 0 Å². The second-order valence-corrected chi connectivity index (χ2v) is 4.74. The topological polar surface area (TPSA) is 78.0 Å². The molecular formula is C14H16N6O. The van der Waals surface area contributed by atoms with E-state index in [0.29, 0.717) is 37.7 Å². The third kappa shape index (κ3) is 2.37. The van der Waals surface area contributed by atoms with E-state index in [1.807, 2.05) is 0 Å². The summed E-state index contributed by atoms with van der Waals surface area (Å²) in [5.41, 5.74) is 1.43. The Labute approximate surface area is 122 Å². The standard InChI is InChI=1S/C14H16N6O/c1-3-10-17-12-13(18-10)15-9-16-14(12)20-7-5-19(6-8-20)11(21)4-2/h3-4,9H,1-2,5-8H2,(H,15,16,17,18).